The molecule has 1 aliphatic rings. The first-order valence-electron chi connectivity index (χ1n) is 5.54. The topological polar surface area (TPSA) is 69.7 Å². The molecule has 4 heteroatoms. The SMILES string of the molecule is CC(N)c1ccc(N2CC(O)C(O)C2)cc1. The van der Waals surface area contributed by atoms with Crippen molar-refractivity contribution in [1.29, 1.82) is 0 Å². The second-order valence-corrected chi connectivity index (χ2v) is 4.42. The van der Waals surface area contributed by atoms with E-state index in [1.54, 1.807) is 0 Å². The van der Waals surface area contributed by atoms with Crippen LogP contribution in [0.15, 0.2) is 24.3 Å². The van der Waals surface area contributed by atoms with Crippen molar-refractivity contribution in [1.82, 2.24) is 0 Å². The molecule has 4 N–H and O–H groups in total. The monoisotopic (exact) mass is 222 g/mol. The average Bonchev–Trinajstić information content (AvgIpc) is 2.59. The standard InChI is InChI=1S/C12H18N2O2/c1-8(13)9-2-4-10(5-3-9)14-6-11(15)12(16)7-14/h2-5,8,11-12,15-16H,6-7,13H2,1H3. The van der Waals surface area contributed by atoms with Gasteiger partial charge in [-0.05, 0) is 24.6 Å². The molecule has 0 radical (unpaired) electrons. The number of nitrogens with zero attached hydrogens (tertiary/aromatic N) is 1. The summed E-state index contributed by atoms with van der Waals surface area (Å²) in [5.41, 5.74) is 7.87. The van der Waals surface area contributed by atoms with Crippen molar-refractivity contribution in [3.05, 3.63) is 29.8 Å². The summed E-state index contributed by atoms with van der Waals surface area (Å²) in [6, 6.07) is 7.95. The molecule has 0 aromatic heterocycles. The first kappa shape index (κ1) is 11.4. The van der Waals surface area contributed by atoms with Gasteiger partial charge in [-0.25, -0.2) is 0 Å². The number of benzene rings is 1. The molecule has 1 saturated heterocycles. The number of aliphatic hydroxyl groups is 2. The van der Waals surface area contributed by atoms with Crippen molar-refractivity contribution in [2.45, 2.75) is 25.2 Å². The van der Waals surface area contributed by atoms with Gasteiger partial charge in [-0.3, -0.25) is 0 Å². The van der Waals surface area contributed by atoms with E-state index in [2.05, 4.69) is 0 Å². The molecule has 3 atom stereocenters. The van der Waals surface area contributed by atoms with E-state index in [0.717, 1.165) is 11.3 Å². The van der Waals surface area contributed by atoms with Crippen molar-refractivity contribution in [2.75, 3.05) is 18.0 Å². The van der Waals surface area contributed by atoms with Crippen LogP contribution in [-0.2, 0) is 0 Å². The van der Waals surface area contributed by atoms with Gasteiger partial charge in [-0.2, -0.15) is 0 Å². The third-order valence-electron chi connectivity index (χ3n) is 3.04. The van der Waals surface area contributed by atoms with E-state index in [-0.39, 0.29) is 6.04 Å². The van der Waals surface area contributed by atoms with Gasteiger partial charge in [0.05, 0.1) is 12.2 Å². The minimum absolute atomic E-state index is 0.0313. The number of hydrogen-bond donors (Lipinski definition) is 3. The normalized spacial score (nSPS) is 27.1. The summed E-state index contributed by atoms with van der Waals surface area (Å²) in [6.07, 6.45) is -1.29. The zero-order valence-corrected chi connectivity index (χ0v) is 9.37. The van der Waals surface area contributed by atoms with Crippen LogP contribution in [0.25, 0.3) is 0 Å². The molecule has 0 aliphatic carbocycles. The van der Waals surface area contributed by atoms with Gasteiger partial charge < -0.3 is 20.8 Å². The lowest BCUT2D eigenvalue weighted by molar-refractivity contribution is 0.0572. The molecular formula is C12H18N2O2. The van der Waals surface area contributed by atoms with Crippen LogP contribution in [0.4, 0.5) is 5.69 Å². The summed E-state index contributed by atoms with van der Waals surface area (Å²) in [5.74, 6) is 0. The molecule has 0 bridgehead atoms. The highest BCUT2D eigenvalue weighted by Crippen LogP contribution is 2.22. The smallest absolute Gasteiger partial charge is 0.0990 e. The fourth-order valence-corrected chi connectivity index (χ4v) is 1.97. The Bertz CT molecular complexity index is 341. The number of β-amino-alcohol motifs (C(OH)–C–C–N with tert-alkyl or cyclic N) is 2. The zero-order valence-electron chi connectivity index (χ0n) is 9.37. The van der Waals surface area contributed by atoms with Gasteiger partial charge in [0.15, 0.2) is 0 Å². The van der Waals surface area contributed by atoms with Crippen LogP contribution < -0.4 is 10.6 Å². The molecule has 2 rings (SSSR count). The molecular weight excluding hydrogens is 204 g/mol. The minimum atomic E-state index is -0.645. The van der Waals surface area contributed by atoms with E-state index in [4.69, 9.17) is 5.73 Å². The minimum Gasteiger partial charge on any atom is -0.389 e. The quantitative estimate of drug-likeness (QED) is 0.671. The maximum Gasteiger partial charge on any atom is 0.0990 e. The lowest BCUT2D eigenvalue weighted by Crippen LogP contribution is -2.22. The number of nitrogens with two attached hydrogens (primary N) is 1. The van der Waals surface area contributed by atoms with E-state index in [0.29, 0.717) is 13.1 Å². The molecule has 16 heavy (non-hydrogen) atoms. The molecule has 1 aliphatic heterocycles. The van der Waals surface area contributed by atoms with Crippen molar-refractivity contribution in [3.63, 3.8) is 0 Å². The molecule has 0 spiro atoms. The number of hydrogen-bond acceptors (Lipinski definition) is 4. The highest BCUT2D eigenvalue weighted by Gasteiger charge is 2.29. The van der Waals surface area contributed by atoms with Crippen LogP contribution in [0.2, 0.25) is 0 Å². The Morgan fingerprint density at radius 2 is 1.69 bits per heavy atom. The van der Waals surface area contributed by atoms with Crippen LogP contribution >= 0.6 is 0 Å². The first-order chi connectivity index (χ1) is 7.58. The fraction of sp³-hybridized carbons (Fsp3) is 0.500. The van der Waals surface area contributed by atoms with Crippen LogP contribution in [-0.4, -0.2) is 35.5 Å². The van der Waals surface area contributed by atoms with E-state index >= 15 is 0 Å². The summed E-state index contributed by atoms with van der Waals surface area (Å²) in [4.78, 5) is 1.97. The Labute approximate surface area is 95.3 Å². The summed E-state index contributed by atoms with van der Waals surface area (Å²) in [6.45, 7) is 2.91. The van der Waals surface area contributed by atoms with Crippen LogP contribution in [0, 0.1) is 0 Å². The van der Waals surface area contributed by atoms with E-state index in [9.17, 15) is 10.2 Å². The molecule has 1 heterocycles. The second kappa shape index (κ2) is 4.41. The Hall–Kier alpha value is -1.10. The highest BCUT2D eigenvalue weighted by molar-refractivity contribution is 5.49. The largest absolute Gasteiger partial charge is 0.389 e. The Balaban J connectivity index is 2.11. The summed E-state index contributed by atoms with van der Waals surface area (Å²) in [7, 11) is 0. The fourth-order valence-electron chi connectivity index (χ4n) is 1.97. The molecule has 4 nitrogen and oxygen atoms in total. The second-order valence-electron chi connectivity index (χ2n) is 4.42. The molecule has 0 amide bonds. The summed E-state index contributed by atoms with van der Waals surface area (Å²) < 4.78 is 0. The van der Waals surface area contributed by atoms with E-state index < -0.39 is 12.2 Å². The van der Waals surface area contributed by atoms with Gasteiger partial charge in [0.1, 0.15) is 0 Å². The maximum absolute atomic E-state index is 9.46. The van der Waals surface area contributed by atoms with Gasteiger partial charge in [-0.15, -0.1) is 0 Å². The predicted octanol–water partition coefficient (Wildman–Crippen LogP) is 0.248. The maximum atomic E-state index is 9.46. The van der Waals surface area contributed by atoms with Gasteiger partial charge in [0.2, 0.25) is 0 Å². The van der Waals surface area contributed by atoms with Gasteiger partial charge >= 0.3 is 0 Å². The van der Waals surface area contributed by atoms with E-state index in [1.165, 1.54) is 0 Å². The highest BCUT2D eigenvalue weighted by atomic mass is 16.3. The molecule has 0 saturated carbocycles. The van der Waals surface area contributed by atoms with Gasteiger partial charge in [0.25, 0.3) is 0 Å². The average molecular weight is 222 g/mol. The van der Waals surface area contributed by atoms with Crippen LogP contribution in [0.1, 0.15) is 18.5 Å². The van der Waals surface area contributed by atoms with Crippen molar-refractivity contribution in [3.8, 4) is 0 Å². The molecule has 1 aromatic carbocycles. The van der Waals surface area contributed by atoms with Crippen LogP contribution in [0.5, 0.6) is 0 Å². The number of rotatable bonds is 2. The zero-order chi connectivity index (χ0) is 11.7. The Morgan fingerprint density at radius 1 is 1.19 bits per heavy atom. The predicted molar refractivity (Wildman–Crippen MR) is 63.3 cm³/mol. The third-order valence-corrected chi connectivity index (χ3v) is 3.04. The van der Waals surface area contributed by atoms with Crippen LogP contribution in [0.3, 0.4) is 0 Å². The Morgan fingerprint density at radius 3 is 2.12 bits per heavy atom. The lowest BCUT2D eigenvalue weighted by atomic mass is 10.1. The summed E-state index contributed by atoms with van der Waals surface area (Å²) >= 11 is 0. The van der Waals surface area contributed by atoms with Crippen molar-refractivity contribution in [2.24, 2.45) is 5.73 Å². The van der Waals surface area contributed by atoms with E-state index in [1.807, 2.05) is 36.1 Å². The first-order valence-corrected chi connectivity index (χ1v) is 5.54. The molecule has 3 unspecified atom stereocenters. The van der Waals surface area contributed by atoms with Crippen molar-refractivity contribution < 1.29 is 10.2 Å². The molecule has 88 valence electrons. The third kappa shape index (κ3) is 2.19. The molecule has 1 fully saturated rings. The number of aliphatic hydroxyl groups excluding tert-OH is 2. The Kier molecular flexibility index (Phi) is 3.14. The summed E-state index contributed by atoms with van der Waals surface area (Å²) in [5, 5.41) is 18.9. The molecule has 1 aromatic rings. The number of anilines is 1. The lowest BCUT2D eigenvalue weighted by Gasteiger charge is -2.18. The van der Waals surface area contributed by atoms with Crippen molar-refractivity contribution >= 4 is 5.69 Å². The van der Waals surface area contributed by atoms with Gasteiger partial charge in [0, 0.05) is 24.8 Å². The van der Waals surface area contributed by atoms with Gasteiger partial charge in [-0.1, -0.05) is 12.1 Å².